The first kappa shape index (κ1) is 18.0. The van der Waals surface area contributed by atoms with E-state index in [-0.39, 0.29) is 5.54 Å². The normalized spacial score (nSPS) is 15.9. The third kappa shape index (κ3) is 3.24. The van der Waals surface area contributed by atoms with Crippen LogP contribution in [0.2, 0.25) is 0 Å². The standard InChI is InChI=1S/C18H31NO2/c1-8-18(6,19(9-2)10-3)17(20)15-12-11-13(4)14(5)16(15)21-7/h11-12,17,20H,8-10H2,1-7H3. The van der Waals surface area contributed by atoms with Gasteiger partial charge in [-0.05, 0) is 51.4 Å². The Labute approximate surface area is 129 Å². The summed E-state index contributed by atoms with van der Waals surface area (Å²) in [7, 11) is 1.68. The van der Waals surface area contributed by atoms with Gasteiger partial charge in [-0.1, -0.05) is 32.9 Å². The summed E-state index contributed by atoms with van der Waals surface area (Å²) in [6.07, 6.45) is 0.308. The largest absolute Gasteiger partial charge is 0.496 e. The van der Waals surface area contributed by atoms with Gasteiger partial charge in [0.05, 0.1) is 7.11 Å². The van der Waals surface area contributed by atoms with Gasteiger partial charge in [0.1, 0.15) is 11.9 Å². The van der Waals surface area contributed by atoms with E-state index in [0.29, 0.717) is 0 Å². The summed E-state index contributed by atoms with van der Waals surface area (Å²) in [6.45, 7) is 14.5. The number of ether oxygens (including phenoxy) is 1. The molecular formula is C18H31NO2. The van der Waals surface area contributed by atoms with E-state index in [1.807, 2.05) is 13.0 Å². The summed E-state index contributed by atoms with van der Waals surface area (Å²) < 4.78 is 5.59. The predicted molar refractivity (Wildman–Crippen MR) is 89.0 cm³/mol. The molecule has 1 rings (SSSR count). The minimum atomic E-state index is -0.573. The second-order valence-corrected chi connectivity index (χ2v) is 5.92. The van der Waals surface area contributed by atoms with E-state index in [9.17, 15) is 5.11 Å². The molecule has 0 spiro atoms. The first-order valence-corrected chi connectivity index (χ1v) is 7.94. The number of benzene rings is 1. The van der Waals surface area contributed by atoms with E-state index in [1.54, 1.807) is 7.11 Å². The van der Waals surface area contributed by atoms with Gasteiger partial charge >= 0.3 is 0 Å². The average molecular weight is 293 g/mol. The summed E-state index contributed by atoms with van der Waals surface area (Å²) in [5.74, 6) is 0.814. The highest BCUT2D eigenvalue weighted by atomic mass is 16.5. The van der Waals surface area contributed by atoms with Gasteiger partial charge in [0.25, 0.3) is 0 Å². The van der Waals surface area contributed by atoms with Crippen LogP contribution >= 0.6 is 0 Å². The topological polar surface area (TPSA) is 32.7 Å². The molecule has 0 bridgehead atoms. The fourth-order valence-electron chi connectivity index (χ4n) is 3.17. The summed E-state index contributed by atoms with van der Waals surface area (Å²) in [6, 6.07) is 4.07. The first-order valence-electron chi connectivity index (χ1n) is 7.94. The van der Waals surface area contributed by atoms with Crippen LogP contribution in [0.15, 0.2) is 12.1 Å². The summed E-state index contributed by atoms with van der Waals surface area (Å²) in [5, 5.41) is 11.1. The van der Waals surface area contributed by atoms with Crippen LogP contribution in [0.25, 0.3) is 0 Å². The molecule has 1 aromatic carbocycles. The van der Waals surface area contributed by atoms with E-state index in [1.165, 1.54) is 5.56 Å². The molecule has 3 heteroatoms. The number of aliphatic hydroxyl groups excluding tert-OH is 1. The van der Waals surface area contributed by atoms with E-state index in [0.717, 1.165) is 36.4 Å². The number of aryl methyl sites for hydroxylation is 1. The fraction of sp³-hybridized carbons (Fsp3) is 0.667. The summed E-state index contributed by atoms with van der Waals surface area (Å²) in [4.78, 5) is 2.33. The Morgan fingerprint density at radius 3 is 2.19 bits per heavy atom. The van der Waals surface area contributed by atoms with Crippen molar-refractivity contribution in [2.24, 2.45) is 0 Å². The fourth-order valence-corrected chi connectivity index (χ4v) is 3.17. The van der Waals surface area contributed by atoms with E-state index in [4.69, 9.17) is 4.74 Å². The van der Waals surface area contributed by atoms with Gasteiger partial charge in [-0.25, -0.2) is 0 Å². The van der Waals surface area contributed by atoms with E-state index >= 15 is 0 Å². The van der Waals surface area contributed by atoms with E-state index in [2.05, 4.69) is 45.6 Å². The highest BCUT2D eigenvalue weighted by Gasteiger charge is 2.38. The zero-order chi connectivity index (χ0) is 16.2. The highest BCUT2D eigenvalue weighted by Crippen LogP contribution is 2.40. The van der Waals surface area contributed by atoms with Crippen LogP contribution in [0, 0.1) is 13.8 Å². The molecule has 120 valence electrons. The van der Waals surface area contributed by atoms with Crippen molar-refractivity contribution in [3.05, 3.63) is 28.8 Å². The molecule has 0 aliphatic carbocycles. The van der Waals surface area contributed by atoms with Gasteiger partial charge in [0.2, 0.25) is 0 Å². The third-order valence-corrected chi connectivity index (χ3v) is 5.00. The van der Waals surface area contributed by atoms with Crippen molar-refractivity contribution in [2.45, 2.75) is 59.6 Å². The lowest BCUT2D eigenvalue weighted by molar-refractivity contribution is -0.0224. The average Bonchev–Trinajstić information content (AvgIpc) is 2.49. The maximum Gasteiger partial charge on any atom is 0.127 e. The lowest BCUT2D eigenvalue weighted by Crippen LogP contribution is -2.50. The number of rotatable bonds is 7. The molecule has 0 aromatic heterocycles. The monoisotopic (exact) mass is 293 g/mol. The van der Waals surface area contributed by atoms with Crippen molar-refractivity contribution >= 4 is 0 Å². The zero-order valence-electron chi connectivity index (χ0n) is 14.7. The minimum Gasteiger partial charge on any atom is -0.496 e. The van der Waals surface area contributed by atoms with E-state index < -0.39 is 6.10 Å². The van der Waals surface area contributed by atoms with Crippen molar-refractivity contribution in [1.82, 2.24) is 4.90 Å². The maximum absolute atomic E-state index is 11.1. The maximum atomic E-state index is 11.1. The Bertz CT molecular complexity index is 469. The minimum absolute atomic E-state index is 0.293. The molecule has 0 saturated carbocycles. The molecule has 0 fully saturated rings. The zero-order valence-corrected chi connectivity index (χ0v) is 14.7. The number of hydrogen-bond acceptors (Lipinski definition) is 3. The van der Waals surface area contributed by atoms with Gasteiger partial charge in [-0.3, -0.25) is 4.90 Å². The van der Waals surface area contributed by atoms with Crippen LogP contribution in [-0.4, -0.2) is 35.7 Å². The first-order chi connectivity index (χ1) is 9.87. The molecule has 1 N–H and O–H groups in total. The molecule has 0 aliphatic heterocycles. The number of aliphatic hydroxyl groups is 1. The second-order valence-electron chi connectivity index (χ2n) is 5.92. The molecule has 0 heterocycles. The molecule has 0 aliphatic rings. The van der Waals surface area contributed by atoms with Crippen LogP contribution < -0.4 is 4.74 Å². The molecule has 0 saturated heterocycles. The smallest absolute Gasteiger partial charge is 0.127 e. The number of methoxy groups -OCH3 is 1. The highest BCUT2D eigenvalue weighted by molar-refractivity contribution is 5.47. The molecule has 0 radical (unpaired) electrons. The Morgan fingerprint density at radius 2 is 1.76 bits per heavy atom. The number of nitrogens with zero attached hydrogens (tertiary/aromatic N) is 1. The third-order valence-electron chi connectivity index (χ3n) is 5.00. The van der Waals surface area contributed by atoms with Crippen molar-refractivity contribution < 1.29 is 9.84 Å². The molecule has 3 nitrogen and oxygen atoms in total. The van der Waals surface area contributed by atoms with Gasteiger partial charge in [0, 0.05) is 11.1 Å². The van der Waals surface area contributed by atoms with Crippen molar-refractivity contribution in [2.75, 3.05) is 20.2 Å². The van der Waals surface area contributed by atoms with Gasteiger partial charge < -0.3 is 9.84 Å². The Morgan fingerprint density at radius 1 is 1.19 bits per heavy atom. The Balaban J connectivity index is 3.34. The van der Waals surface area contributed by atoms with Gasteiger partial charge in [-0.2, -0.15) is 0 Å². The lowest BCUT2D eigenvalue weighted by atomic mass is 9.83. The van der Waals surface area contributed by atoms with Crippen molar-refractivity contribution in [1.29, 1.82) is 0 Å². The second kappa shape index (κ2) is 7.28. The number of hydrogen-bond donors (Lipinski definition) is 1. The molecule has 21 heavy (non-hydrogen) atoms. The van der Waals surface area contributed by atoms with Crippen LogP contribution in [-0.2, 0) is 0 Å². The summed E-state index contributed by atoms with van der Waals surface area (Å²) in [5.41, 5.74) is 2.88. The quantitative estimate of drug-likeness (QED) is 0.828. The van der Waals surface area contributed by atoms with Crippen LogP contribution in [0.4, 0.5) is 0 Å². The predicted octanol–water partition coefficient (Wildman–Crippen LogP) is 3.86. The molecule has 0 amide bonds. The Hall–Kier alpha value is -1.06. The summed E-state index contributed by atoms with van der Waals surface area (Å²) >= 11 is 0. The van der Waals surface area contributed by atoms with Crippen molar-refractivity contribution in [3.63, 3.8) is 0 Å². The molecular weight excluding hydrogens is 262 g/mol. The lowest BCUT2D eigenvalue weighted by Gasteiger charge is -2.44. The molecule has 2 unspecified atom stereocenters. The van der Waals surface area contributed by atoms with Gasteiger partial charge in [0.15, 0.2) is 0 Å². The molecule has 2 atom stereocenters. The van der Waals surface area contributed by atoms with Crippen molar-refractivity contribution in [3.8, 4) is 5.75 Å². The number of likely N-dealkylation sites (N-methyl/N-ethyl adjacent to an activating group) is 1. The van der Waals surface area contributed by atoms with Crippen LogP contribution in [0.1, 0.15) is 56.9 Å². The SMILES string of the molecule is CCN(CC)C(C)(CC)C(O)c1ccc(C)c(C)c1OC. The van der Waals surface area contributed by atoms with Crippen LogP contribution in [0.3, 0.4) is 0 Å². The Kier molecular flexibility index (Phi) is 6.24. The van der Waals surface area contributed by atoms with Crippen LogP contribution in [0.5, 0.6) is 5.75 Å². The van der Waals surface area contributed by atoms with Gasteiger partial charge in [-0.15, -0.1) is 0 Å². The molecule has 1 aromatic rings.